The van der Waals surface area contributed by atoms with Crippen LogP contribution in [-0.2, 0) is 11.8 Å². The third-order valence-corrected chi connectivity index (χ3v) is 4.83. The Labute approximate surface area is 147 Å². The number of carbonyl (C=O) groups excluding carboxylic acids is 1. The van der Waals surface area contributed by atoms with Crippen molar-refractivity contribution in [1.29, 1.82) is 0 Å². The molecule has 6 nitrogen and oxygen atoms in total. The highest BCUT2D eigenvalue weighted by atomic mass is 16.5. The van der Waals surface area contributed by atoms with Gasteiger partial charge in [-0.25, -0.2) is 0 Å². The topological polar surface area (TPSA) is 59.4 Å². The number of anilines is 2. The van der Waals surface area contributed by atoms with Crippen molar-refractivity contribution < 1.29 is 9.53 Å². The normalized spacial score (nSPS) is 20.6. The molecule has 6 heteroatoms. The number of amides is 1. The summed E-state index contributed by atoms with van der Waals surface area (Å²) in [6.45, 7) is 1.50. The fraction of sp³-hybridized carbons (Fsp3) is 0.474. The van der Waals surface area contributed by atoms with Gasteiger partial charge in [0.15, 0.2) is 0 Å². The third kappa shape index (κ3) is 3.62. The van der Waals surface area contributed by atoms with Gasteiger partial charge in [-0.1, -0.05) is 12.1 Å². The lowest BCUT2D eigenvalue weighted by Crippen LogP contribution is -2.47. The van der Waals surface area contributed by atoms with E-state index in [0.717, 1.165) is 43.1 Å². The van der Waals surface area contributed by atoms with Gasteiger partial charge in [-0.2, -0.15) is 5.10 Å². The van der Waals surface area contributed by atoms with Gasteiger partial charge in [0.25, 0.3) is 0 Å². The van der Waals surface area contributed by atoms with Crippen LogP contribution in [0.3, 0.4) is 0 Å². The summed E-state index contributed by atoms with van der Waals surface area (Å²) < 4.78 is 7.67. The lowest BCUT2D eigenvalue weighted by atomic mass is 10.0. The Morgan fingerprint density at radius 3 is 2.88 bits per heavy atom. The minimum atomic E-state index is -0.236. The number of hydrogen-bond donors (Lipinski definition) is 1. The first-order chi connectivity index (χ1) is 12.2. The van der Waals surface area contributed by atoms with E-state index in [2.05, 4.69) is 10.4 Å². The van der Waals surface area contributed by atoms with E-state index in [4.69, 9.17) is 4.74 Å². The van der Waals surface area contributed by atoms with Gasteiger partial charge in [-0.05, 0) is 43.7 Å². The third-order valence-electron chi connectivity index (χ3n) is 4.83. The van der Waals surface area contributed by atoms with Crippen molar-refractivity contribution in [3.63, 3.8) is 0 Å². The average molecular weight is 340 g/mol. The number of hydrogen-bond acceptors (Lipinski definition) is 4. The van der Waals surface area contributed by atoms with Crippen molar-refractivity contribution in [3.8, 4) is 5.75 Å². The standard InChI is InChI=1S/C19H24N4O2/c1-22-12-15(11-20-22)23-10-4-6-17(19(23)24)21-16-5-2-3-7-18(16)25-13-14-8-9-14/h2-3,5,7,11-12,14,17,21H,4,6,8-10,13H2,1H3/t17-/m1/s1. The molecule has 1 aromatic carbocycles. The lowest BCUT2D eigenvalue weighted by Gasteiger charge is -2.32. The molecule has 2 heterocycles. The molecule has 2 fully saturated rings. The Morgan fingerprint density at radius 2 is 2.12 bits per heavy atom. The molecule has 132 valence electrons. The number of nitrogens with one attached hydrogen (secondary N) is 1. The first kappa shape index (κ1) is 16.0. The molecule has 0 spiro atoms. The van der Waals surface area contributed by atoms with E-state index >= 15 is 0 Å². The Kier molecular flexibility index (Phi) is 4.34. The van der Waals surface area contributed by atoms with E-state index in [-0.39, 0.29) is 11.9 Å². The largest absolute Gasteiger partial charge is 0.491 e. The summed E-state index contributed by atoms with van der Waals surface area (Å²) in [7, 11) is 1.86. The van der Waals surface area contributed by atoms with Crippen LogP contribution in [0.1, 0.15) is 25.7 Å². The number of benzene rings is 1. The molecule has 2 aromatic rings. The van der Waals surface area contributed by atoms with Crippen molar-refractivity contribution in [2.75, 3.05) is 23.4 Å². The molecule has 4 rings (SSSR count). The zero-order valence-corrected chi connectivity index (χ0v) is 14.5. The number of para-hydroxylation sites is 2. The van der Waals surface area contributed by atoms with Crippen LogP contribution in [-0.4, -0.2) is 34.9 Å². The molecule has 25 heavy (non-hydrogen) atoms. The summed E-state index contributed by atoms with van der Waals surface area (Å²) in [4.78, 5) is 14.7. The van der Waals surface area contributed by atoms with Crippen LogP contribution in [0.25, 0.3) is 0 Å². The maximum Gasteiger partial charge on any atom is 0.249 e. The minimum absolute atomic E-state index is 0.0937. The second-order valence-electron chi connectivity index (χ2n) is 6.95. The fourth-order valence-electron chi connectivity index (χ4n) is 3.20. The van der Waals surface area contributed by atoms with E-state index < -0.39 is 0 Å². The fourth-order valence-corrected chi connectivity index (χ4v) is 3.20. The average Bonchev–Trinajstić information content (AvgIpc) is 3.35. The van der Waals surface area contributed by atoms with Crippen LogP contribution in [0, 0.1) is 5.92 Å². The van der Waals surface area contributed by atoms with E-state index in [1.54, 1.807) is 10.9 Å². The van der Waals surface area contributed by atoms with Gasteiger partial charge >= 0.3 is 0 Å². The molecule has 0 radical (unpaired) electrons. The predicted molar refractivity (Wildman–Crippen MR) is 96.9 cm³/mol. The van der Waals surface area contributed by atoms with Gasteiger partial charge in [-0.15, -0.1) is 0 Å². The second kappa shape index (κ2) is 6.78. The summed E-state index contributed by atoms with van der Waals surface area (Å²) in [5.41, 5.74) is 1.76. The number of piperidine rings is 1. The van der Waals surface area contributed by atoms with Crippen molar-refractivity contribution in [3.05, 3.63) is 36.7 Å². The number of nitrogens with zero attached hydrogens (tertiary/aromatic N) is 3. The number of ether oxygens (including phenoxy) is 1. The van der Waals surface area contributed by atoms with E-state index in [1.165, 1.54) is 12.8 Å². The zero-order valence-electron chi connectivity index (χ0n) is 14.5. The van der Waals surface area contributed by atoms with Crippen LogP contribution in [0.5, 0.6) is 5.75 Å². The molecule has 1 saturated carbocycles. The first-order valence-electron chi connectivity index (χ1n) is 8.99. The molecule has 0 bridgehead atoms. The summed E-state index contributed by atoms with van der Waals surface area (Å²) in [5, 5.41) is 7.58. The number of rotatable bonds is 6. The predicted octanol–water partition coefficient (Wildman–Crippen LogP) is 2.82. The number of aryl methyl sites for hydroxylation is 1. The van der Waals surface area contributed by atoms with Gasteiger partial charge in [0.05, 0.1) is 24.2 Å². The molecule has 1 saturated heterocycles. The highest BCUT2D eigenvalue weighted by Gasteiger charge is 2.31. The summed E-state index contributed by atoms with van der Waals surface area (Å²) >= 11 is 0. The summed E-state index contributed by atoms with van der Waals surface area (Å²) in [6.07, 6.45) is 7.93. The van der Waals surface area contributed by atoms with Gasteiger partial charge in [0, 0.05) is 19.8 Å². The zero-order chi connectivity index (χ0) is 17.2. The first-order valence-corrected chi connectivity index (χ1v) is 8.99. The van der Waals surface area contributed by atoms with Crippen molar-refractivity contribution >= 4 is 17.3 Å². The number of aromatic nitrogens is 2. The Morgan fingerprint density at radius 1 is 1.28 bits per heavy atom. The van der Waals surface area contributed by atoms with E-state index in [9.17, 15) is 4.79 Å². The SMILES string of the molecule is Cn1cc(N2CCC[C@@H](Nc3ccccc3OCC3CC3)C2=O)cn1. The quantitative estimate of drug-likeness (QED) is 0.878. The summed E-state index contributed by atoms with van der Waals surface area (Å²) in [5.74, 6) is 1.63. The molecule has 1 aliphatic heterocycles. The van der Waals surface area contributed by atoms with Crippen LogP contribution in [0.2, 0.25) is 0 Å². The molecule has 1 aliphatic carbocycles. The van der Waals surface area contributed by atoms with Gasteiger partial charge in [0.1, 0.15) is 11.8 Å². The van der Waals surface area contributed by atoms with Crippen molar-refractivity contribution in [1.82, 2.24) is 9.78 Å². The maximum absolute atomic E-state index is 12.9. The summed E-state index contributed by atoms with van der Waals surface area (Å²) in [6, 6.07) is 7.66. The Hall–Kier alpha value is -2.50. The highest BCUT2D eigenvalue weighted by molar-refractivity contribution is 5.99. The van der Waals surface area contributed by atoms with E-state index in [0.29, 0.717) is 5.92 Å². The molecule has 1 N–H and O–H groups in total. The Bertz CT molecular complexity index is 753. The van der Waals surface area contributed by atoms with Crippen LogP contribution in [0.15, 0.2) is 36.7 Å². The van der Waals surface area contributed by atoms with E-state index in [1.807, 2.05) is 42.4 Å². The number of carbonyl (C=O) groups is 1. The molecule has 0 unspecified atom stereocenters. The second-order valence-corrected chi connectivity index (χ2v) is 6.95. The van der Waals surface area contributed by atoms with Gasteiger partial charge in [-0.3, -0.25) is 9.48 Å². The maximum atomic E-state index is 12.9. The van der Waals surface area contributed by atoms with Crippen molar-refractivity contribution in [2.45, 2.75) is 31.7 Å². The molecule has 1 amide bonds. The molecule has 1 aromatic heterocycles. The smallest absolute Gasteiger partial charge is 0.249 e. The van der Waals surface area contributed by atoms with Crippen LogP contribution < -0.4 is 15.0 Å². The monoisotopic (exact) mass is 340 g/mol. The molecule has 1 atom stereocenters. The molecular weight excluding hydrogens is 316 g/mol. The lowest BCUT2D eigenvalue weighted by molar-refractivity contribution is -0.120. The van der Waals surface area contributed by atoms with Crippen LogP contribution in [0.4, 0.5) is 11.4 Å². The highest BCUT2D eigenvalue weighted by Crippen LogP contribution is 2.32. The van der Waals surface area contributed by atoms with Crippen LogP contribution >= 0.6 is 0 Å². The van der Waals surface area contributed by atoms with Gasteiger partial charge in [0.2, 0.25) is 5.91 Å². The van der Waals surface area contributed by atoms with Gasteiger partial charge < -0.3 is 15.0 Å². The van der Waals surface area contributed by atoms with Crippen molar-refractivity contribution in [2.24, 2.45) is 13.0 Å². The minimum Gasteiger partial charge on any atom is -0.491 e. The molecular formula is C19H24N4O2. The Balaban J connectivity index is 1.47. The molecule has 2 aliphatic rings.